The number of ether oxygens (including phenoxy) is 2. The molecule has 1 aliphatic rings. The van der Waals surface area contributed by atoms with Gasteiger partial charge in [-0.2, -0.15) is 0 Å². The lowest BCUT2D eigenvalue weighted by Crippen LogP contribution is -2.37. The van der Waals surface area contributed by atoms with Crippen molar-refractivity contribution < 1.29 is 13.9 Å². The summed E-state index contributed by atoms with van der Waals surface area (Å²) in [6.45, 7) is 8.92. The summed E-state index contributed by atoms with van der Waals surface area (Å²) < 4.78 is 26.5. The average Bonchev–Trinajstić information content (AvgIpc) is 3.17. The first kappa shape index (κ1) is 22.1. The Kier molecular flexibility index (Phi) is 8.33. The summed E-state index contributed by atoms with van der Waals surface area (Å²) in [5.41, 5.74) is 1.64. The zero-order valence-electron chi connectivity index (χ0n) is 17.2. The van der Waals surface area contributed by atoms with Gasteiger partial charge in [0.15, 0.2) is 11.5 Å². The van der Waals surface area contributed by atoms with Crippen LogP contribution in [0.4, 0.5) is 4.39 Å². The van der Waals surface area contributed by atoms with Crippen molar-refractivity contribution in [3.63, 3.8) is 0 Å². The summed E-state index contributed by atoms with van der Waals surface area (Å²) >= 11 is 3.65. The third kappa shape index (κ3) is 5.93. The van der Waals surface area contributed by atoms with E-state index in [1.165, 1.54) is 25.5 Å². The number of hydrogen-bond donors (Lipinski definition) is 1. The maximum absolute atomic E-state index is 13.9. The van der Waals surface area contributed by atoms with Gasteiger partial charge >= 0.3 is 0 Å². The van der Waals surface area contributed by atoms with Crippen LogP contribution in [0.5, 0.6) is 11.5 Å². The second-order valence-corrected chi connectivity index (χ2v) is 8.11. The molecule has 0 radical (unpaired) electrons. The molecule has 2 aromatic carbocycles. The van der Waals surface area contributed by atoms with Crippen LogP contribution in [-0.2, 0) is 13.2 Å². The van der Waals surface area contributed by atoms with Gasteiger partial charge in [-0.1, -0.05) is 41.1 Å². The number of rotatable bonds is 10. The Bertz CT molecular complexity index is 802. The Morgan fingerprint density at radius 3 is 2.69 bits per heavy atom. The Hall–Kier alpha value is -1.63. The smallest absolute Gasteiger partial charge is 0.162 e. The molecule has 1 unspecified atom stereocenters. The van der Waals surface area contributed by atoms with Crippen LogP contribution in [-0.4, -0.2) is 37.2 Å². The van der Waals surface area contributed by atoms with Crippen LogP contribution >= 0.6 is 15.9 Å². The second kappa shape index (κ2) is 11.0. The molecule has 0 aliphatic carbocycles. The lowest BCUT2D eigenvalue weighted by Gasteiger charge is -2.23. The zero-order valence-corrected chi connectivity index (χ0v) is 18.8. The lowest BCUT2D eigenvalue weighted by atomic mass is 10.1. The van der Waals surface area contributed by atoms with E-state index < -0.39 is 0 Å². The van der Waals surface area contributed by atoms with Crippen molar-refractivity contribution in [2.24, 2.45) is 0 Å². The van der Waals surface area contributed by atoms with Gasteiger partial charge in [-0.25, -0.2) is 4.39 Å². The molecule has 1 aliphatic heterocycles. The highest BCUT2D eigenvalue weighted by molar-refractivity contribution is 9.10. The molecule has 158 valence electrons. The van der Waals surface area contributed by atoms with Gasteiger partial charge in [0.2, 0.25) is 0 Å². The molecule has 6 heteroatoms. The summed E-state index contributed by atoms with van der Waals surface area (Å²) in [6.07, 6.45) is 2.54. The molecule has 0 bridgehead atoms. The molecule has 1 fully saturated rings. The minimum atomic E-state index is -0.265. The van der Waals surface area contributed by atoms with Crippen molar-refractivity contribution in [3.05, 3.63) is 57.8 Å². The molecular formula is C23H30BrFN2O2. The van der Waals surface area contributed by atoms with Crippen LogP contribution in [0.3, 0.4) is 0 Å². The monoisotopic (exact) mass is 464 g/mol. The van der Waals surface area contributed by atoms with E-state index in [9.17, 15) is 4.39 Å². The molecule has 1 heterocycles. The Labute approximate surface area is 181 Å². The van der Waals surface area contributed by atoms with Crippen molar-refractivity contribution in [2.45, 2.75) is 45.9 Å². The summed E-state index contributed by atoms with van der Waals surface area (Å²) in [5.74, 6) is 1.02. The van der Waals surface area contributed by atoms with Gasteiger partial charge in [0.1, 0.15) is 12.4 Å². The number of nitrogens with zero attached hydrogens (tertiary/aromatic N) is 1. The molecule has 1 atom stereocenters. The molecular weight excluding hydrogens is 435 g/mol. The third-order valence-corrected chi connectivity index (χ3v) is 6.09. The Morgan fingerprint density at radius 2 is 1.93 bits per heavy atom. The van der Waals surface area contributed by atoms with Crippen molar-refractivity contribution in [3.8, 4) is 11.5 Å². The van der Waals surface area contributed by atoms with E-state index in [-0.39, 0.29) is 12.4 Å². The Morgan fingerprint density at radius 1 is 1.14 bits per heavy atom. The number of halogens is 2. The second-order valence-electron chi connectivity index (χ2n) is 7.26. The maximum Gasteiger partial charge on any atom is 0.162 e. The first-order chi connectivity index (χ1) is 14.1. The number of hydrogen-bond acceptors (Lipinski definition) is 4. The van der Waals surface area contributed by atoms with Crippen LogP contribution in [0.1, 0.15) is 37.8 Å². The highest BCUT2D eigenvalue weighted by atomic mass is 79.9. The van der Waals surface area contributed by atoms with Gasteiger partial charge in [-0.3, -0.25) is 4.90 Å². The fourth-order valence-corrected chi connectivity index (χ4v) is 4.24. The van der Waals surface area contributed by atoms with Crippen LogP contribution in [0, 0.1) is 5.82 Å². The molecule has 29 heavy (non-hydrogen) atoms. The quantitative estimate of drug-likeness (QED) is 0.527. The fourth-order valence-electron chi connectivity index (χ4n) is 3.78. The largest absolute Gasteiger partial charge is 0.490 e. The molecule has 1 saturated heterocycles. The molecule has 1 N–H and O–H groups in total. The summed E-state index contributed by atoms with van der Waals surface area (Å²) in [7, 11) is 0. The zero-order chi connectivity index (χ0) is 20.6. The molecule has 4 nitrogen and oxygen atoms in total. The number of benzene rings is 2. The number of likely N-dealkylation sites (N-methyl/N-ethyl adjacent to an activating group) is 1. The normalized spacial score (nSPS) is 16.9. The minimum Gasteiger partial charge on any atom is -0.490 e. The fraction of sp³-hybridized carbons (Fsp3) is 0.478. The van der Waals surface area contributed by atoms with Crippen LogP contribution < -0.4 is 14.8 Å². The number of likely N-dealkylation sites (tertiary alicyclic amines) is 1. The molecule has 0 aromatic heterocycles. The van der Waals surface area contributed by atoms with Gasteiger partial charge in [0.05, 0.1) is 6.61 Å². The van der Waals surface area contributed by atoms with Gasteiger partial charge in [0.25, 0.3) is 0 Å². The van der Waals surface area contributed by atoms with E-state index in [1.807, 2.05) is 19.1 Å². The van der Waals surface area contributed by atoms with E-state index in [0.717, 1.165) is 29.7 Å². The van der Waals surface area contributed by atoms with E-state index in [1.54, 1.807) is 18.2 Å². The molecule has 2 aromatic rings. The van der Waals surface area contributed by atoms with Crippen molar-refractivity contribution in [1.82, 2.24) is 10.2 Å². The van der Waals surface area contributed by atoms with Gasteiger partial charge < -0.3 is 14.8 Å². The van der Waals surface area contributed by atoms with Gasteiger partial charge in [-0.15, -0.1) is 0 Å². The van der Waals surface area contributed by atoms with E-state index in [2.05, 4.69) is 33.1 Å². The molecule has 0 amide bonds. The predicted octanol–water partition coefficient (Wildman–Crippen LogP) is 5.14. The van der Waals surface area contributed by atoms with Crippen LogP contribution in [0.2, 0.25) is 0 Å². The van der Waals surface area contributed by atoms with Gasteiger partial charge in [0, 0.05) is 29.2 Å². The van der Waals surface area contributed by atoms with E-state index in [4.69, 9.17) is 9.47 Å². The predicted molar refractivity (Wildman–Crippen MR) is 118 cm³/mol. The van der Waals surface area contributed by atoms with Crippen molar-refractivity contribution in [2.75, 3.05) is 26.2 Å². The highest BCUT2D eigenvalue weighted by Gasteiger charge is 2.22. The summed E-state index contributed by atoms with van der Waals surface area (Å²) in [4.78, 5) is 2.54. The van der Waals surface area contributed by atoms with E-state index in [0.29, 0.717) is 29.7 Å². The first-order valence-corrected chi connectivity index (χ1v) is 11.2. The standard InChI is InChI=1S/C23H30BrFN2O2/c1-3-27-11-7-9-19(27)15-26-14-18-12-22(28-4-2)23(13-20(18)24)29-16-17-8-5-6-10-21(17)25/h5-6,8,10,12-13,19,26H,3-4,7,9,11,14-16H2,1-2H3. The van der Waals surface area contributed by atoms with Crippen molar-refractivity contribution >= 4 is 15.9 Å². The number of nitrogens with one attached hydrogen (secondary N) is 1. The lowest BCUT2D eigenvalue weighted by molar-refractivity contribution is 0.259. The molecule has 3 rings (SSSR count). The molecule has 0 saturated carbocycles. The van der Waals surface area contributed by atoms with Crippen molar-refractivity contribution in [1.29, 1.82) is 0 Å². The Balaban J connectivity index is 1.64. The highest BCUT2D eigenvalue weighted by Crippen LogP contribution is 2.34. The minimum absolute atomic E-state index is 0.158. The topological polar surface area (TPSA) is 33.7 Å². The summed E-state index contributed by atoms with van der Waals surface area (Å²) in [6, 6.07) is 11.2. The van der Waals surface area contributed by atoms with Gasteiger partial charge in [-0.05, 0) is 56.6 Å². The SMILES string of the molecule is CCOc1cc(CNCC2CCCN2CC)c(Br)cc1OCc1ccccc1F. The molecule has 0 spiro atoms. The summed E-state index contributed by atoms with van der Waals surface area (Å²) in [5, 5.41) is 3.59. The first-order valence-electron chi connectivity index (χ1n) is 10.4. The van der Waals surface area contributed by atoms with Crippen LogP contribution in [0.25, 0.3) is 0 Å². The third-order valence-electron chi connectivity index (χ3n) is 5.35. The maximum atomic E-state index is 13.9. The average molecular weight is 465 g/mol. The van der Waals surface area contributed by atoms with E-state index >= 15 is 0 Å². The van der Waals surface area contributed by atoms with Crippen LogP contribution in [0.15, 0.2) is 40.9 Å².